The quantitative estimate of drug-likeness (QED) is 0.763. The first-order valence-corrected chi connectivity index (χ1v) is 9.33. The summed E-state index contributed by atoms with van der Waals surface area (Å²) < 4.78 is 29.0. The Morgan fingerprint density at radius 3 is 2.60 bits per heavy atom. The van der Waals surface area contributed by atoms with E-state index < -0.39 is 10.0 Å². The molecule has 0 aromatic carbocycles. The van der Waals surface area contributed by atoms with E-state index in [-0.39, 0.29) is 4.75 Å². The first kappa shape index (κ1) is 17.6. The van der Waals surface area contributed by atoms with Gasteiger partial charge in [0.25, 0.3) is 0 Å². The monoisotopic (exact) mass is 319 g/mol. The van der Waals surface area contributed by atoms with Gasteiger partial charge in [-0.25, -0.2) is 13.1 Å². The normalized spacial score (nSPS) is 12.8. The smallest absolute Gasteiger partial charge is 0.242 e. The SMILES string of the molecule is CCNCc1cc(S(=O)(=O)NCC(C)(C)SC)cn1C. The lowest BCUT2D eigenvalue weighted by molar-refractivity contribution is 0.570. The zero-order valence-corrected chi connectivity index (χ0v) is 14.5. The second kappa shape index (κ2) is 6.98. The van der Waals surface area contributed by atoms with Crippen LogP contribution in [0.3, 0.4) is 0 Å². The first-order valence-electron chi connectivity index (χ1n) is 6.62. The lowest BCUT2D eigenvalue weighted by atomic mass is 10.2. The van der Waals surface area contributed by atoms with Crippen LogP contribution in [0, 0.1) is 0 Å². The molecule has 0 bridgehead atoms. The number of nitrogens with zero attached hydrogens (tertiary/aromatic N) is 1. The molecule has 1 aromatic heterocycles. The van der Waals surface area contributed by atoms with Crippen molar-refractivity contribution in [3.63, 3.8) is 0 Å². The maximum atomic E-state index is 12.3. The largest absolute Gasteiger partial charge is 0.352 e. The van der Waals surface area contributed by atoms with E-state index in [2.05, 4.69) is 10.0 Å². The van der Waals surface area contributed by atoms with Crippen molar-refractivity contribution in [3.8, 4) is 0 Å². The minimum atomic E-state index is -3.44. The Hall–Kier alpha value is -0.500. The molecule has 0 saturated carbocycles. The van der Waals surface area contributed by atoms with E-state index in [1.807, 2.05) is 38.6 Å². The summed E-state index contributed by atoms with van der Waals surface area (Å²) in [6, 6.07) is 1.72. The van der Waals surface area contributed by atoms with Gasteiger partial charge >= 0.3 is 0 Å². The van der Waals surface area contributed by atoms with Crippen LogP contribution in [0.25, 0.3) is 0 Å². The summed E-state index contributed by atoms with van der Waals surface area (Å²) in [6.45, 7) is 7.98. The van der Waals surface area contributed by atoms with Gasteiger partial charge in [0.15, 0.2) is 0 Å². The molecule has 0 aliphatic heterocycles. The molecule has 0 radical (unpaired) electrons. The predicted octanol–water partition coefficient (Wildman–Crippen LogP) is 1.55. The molecule has 1 heterocycles. The molecule has 0 fully saturated rings. The molecule has 0 saturated heterocycles. The van der Waals surface area contributed by atoms with E-state index in [4.69, 9.17) is 0 Å². The van der Waals surface area contributed by atoms with Gasteiger partial charge in [0.05, 0.1) is 4.90 Å². The highest BCUT2D eigenvalue weighted by molar-refractivity contribution is 8.00. The van der Waals surface area contributed by atoms with Crippen LogP contribution in [0.5, 0.6) is 0 Å². The van der Waals surface area contributed by atoms with Gasteiger partial charge < -0.3 is 9.88 Å². The van der Waals surface area contributed by atoms with Crippen molar-refractivity contribution in [1.29, 1.82) is 0 Å². The fraction of sp³-hybridized carbons (Fsp3) is 0.692. The topological polar surface area (TPSA) is 63.1 Å². The molecule has 0 aliphatic rings. The highest BCUT2D eigenvalue weighted by Gasteiger charge is 2.22. The predicted molar refractivity (Wildman–Crippen MR) is 85.6 cm³/mol. The van der Waals surface area contributed by atoms with Gasteiger partial charge in [-0.1, -0.05) is 6.92 Å². The minimum Gasteiger partial charge on any atom is -0.352 e. The highest BCUT2D eigenvalue weighted by Crippen LogP contribution is 2.21. The fourth-order valence-corrected chi connectivity index (χ4v) is 3.19. The summed E-state index contributed by atoms with van der Waals surface area (Å²) >= 11 is 1.64. The van der Waals surface area contributed by atoms with Crippen molar-refractivity contribution in [2.24, 2.45) is 7.05 Å². The maximum absolute atomic E-state index is 12.3. The van der Waals surface area contributed by atoms with Crippen molar-refractivity contribution in [2.75, 3.05) is 19.3 Å². The van der Waals surface area contributed by atoms with Gasteiger partial charge in [-0.2, -0.15) is 11.8 Å². The van der Waals surface area contributed by atoms with Gasteiger partial charge in [-0.15, -0.1) is 0 Å². The molecule has 20 heavy (non-hydrogen) atoms. The average Bonchev–Trinajstić information content (AvgIpc) is 2.76. The van der Waals surface area contributed by atoms with Crippen LogP contribution in [0.4, 0.5) is 0 Å². The average molecular weight is 319 g/mol. The van der Waals surface area contributed by atoms with E-state index in [9.17, 15) is 8.42 Å². The van der Waals surface area contributed by atoms with Gasteiger partial charge in [0.2, 0.25) is 10.0 Å². The molecule has 0 aliphatic carbocycles. The Labute approximate surface area is 126 Å². The molecule has 7 heteroatoms. The number of hydrogen-bond acceptors (Lipinski definition) is 4. The zero-order chi connectivity index (χ0) is 15.4. The van der Waals surface area contributed by atoms with Crippen molar-refractivity contribution in [2.45, 2.75) is 37.0 Å². The third kappa shape index (κ3) is 4.80. The van der Waals surface area contributed by atoms with Crippen LogP contribution in [-0.4, -0.2) is 37.1 Å². The fourth-order valence-electron chi connectivity index (χ4n) is 1.58. The van der Waals surface area contributed by atoms with E-state index in [0.717, 1.165) is 12.2 Å². The third-order valence-corrected chi connectivity index (χ3v) is 5.81. The standard InChI is InChI=1S/C13H25N3O2S2/c1-6-14-8-11-7-12(9-16(11)4)20(17,18)15-10-13(2,3)19-5/h7,9,14-15H,6,8,10H2,1-5H3. The molecule has 116 valence electrons. The zero-order valence-electron chi connectivity index (χ0n) is 12.9. The lowest BCUT2D eigenvalue weighted by Gasteiger charge is -2.21. The number of rotatable bonds is 8. The Morgan fingerprint density at radius 2 is 2.05 bits per heavy atom. The molecular weight excluding hydrogens is 294 g/mol. The van der Waals surface area contributed by atoms with E-state index in [0.29, 0.717) is 18.0 Å². The van der Waals surface area contributed by atoms with Gasteiger partial charge in [0.1, 0.15) is 0 Å². The Kier molecular flexibility index (Phi) is 6.12. The lowest BCUT2D eigenvalue weighted by Crippen LogP contribution is -2.35. The second-order valence-corrected chi connectivity index (χ2v) is 8.63. The van der Waals surface area contributed by atoms with Crippen LogP contribution < -0.4 is 10.0 Å². The van der Waals surface area contributed by atoms with Crippen LogP contribution >= 0.6 is 11.8 Å². The molecule has 5 nitrogen and oxygen atoms in total. The molecule has 0 atom stereocenters. The van der Waals surface area contributed by atoms with E-state index >= 15 is 0 Å². The van der Waals surface area contributed by atoms with E-state index in [1.165, 1.54) is 0 Å². The van der Waals surface area contributed by atoms with Crippen molar-refractivity contribution in [1.82, 2.24) is 14.6 Å². The minimum absolute atomic E-state index is 0.117. The van der Waals surface area contributed by atoms with Gasteiger partial charge in [0, 0.05) is 36.8 Å². The molecular formula is C13H25N3O2S2. The molecule has 0 unspecified atom stereocenters. The molecule has 0 amide bonds. The number of nitrogens with one attached hydrogen (secondary N) is 2. The number of aromatic nitrogens is 1. The maximum Gasteiger partial charge on any atom is 0.242 e. The summed E-state index contributed by atoms with van der Waals surface area (Å²) in [5.41, 5.74) is 0.955. The Bertz CT molecular complexity index is 536. The Morgan fingerprint density at radius 1 is 1.40 bits per heavy atom. The van der Waals surface area contributed by atoms with E-state index in [1.54, 1.807) is 24.0 Å². The molecule has 1 rings (SSSR count). The van der Waals surface area contributed by atoms with Gasteiger partial charge in [-0.05, 0) is 32.7 Å². The summed E-state index contributed by atoms with van der Waals surface area (Å²) in [5.74, 6) is 0. The third-order valence-electron chi connectivity index (χ3n) is 3.19. The van der Waals surface area contributed by atoms with Crippen LogP contribution in [-0.2, 0) is 23.6 Å². The molecule has 0 spiro atoms. The number of thioether (sulfide) groups is 1. The van der Waals surface area contributed by atoms with Gasteiger partial charge in [-0.3, -0.25) is 0 Å². The summed E-state index contributed by atoms with van der Waals surface area (Å²) in [7, 11) is -1.58. The number of sulfonamides is 1. The Balaban J connectivity index is 2.82. The summed E-state index contributed by atoms with van der Waals surface area (Å²) in [5, 5.41) is 3.20. The molecule has 1 aromatic rings. The number of aryl methyl sites for hydroxylation is 1. The van der Waals surface area contributed by atoms with Crippen molar-refractivity contribution < 1.29 is 8.42 Å². The van der Waals surface area contributed by atoms with Crippen LogP contribution in [0.15, 0.2) is 17.2 Å². The second-order valence-electron chi connectivity index (χ2n) is 5.35. The van der Waals surface area contributed by atoms with Crippen molar-refractivity contribution in [3.05, 3.63) is 18.0 Å². The van der Waals surface area contributed by atoms with Crippen LogP contribution in [0.1, 0.15) is 26.5 Å². The highest BCUT2D eigenvalue weighted by atomic mass is 32.2. The molecule has 2 N–H and O–H groups in total. The summed E-state index contributed by atoms with van der Waals surface area (Å²) in [6.07, 6.45) is 3.63. The summed E-state index contributed by atoms with van der Waals surface area (Å²) in [4.78, 5) is 0.324. The van der Waals surface area contributed by atoms with Crippen LogP contribution in [0.2, 0.25) is 0 Å². The van der Waals surface area contributed by atoms with Crippen molar-refractivity contribution >= 4 is 21.8 Å². The number of hydrogen-bond donors (Lipinski definition) is 2. The first-order chi connectivity index (χ1) is 9.22.